The predicted molar refractivity (Wildman–Crippen MR) is 96.7 cm³/mol. The van der Waals surface area contributed by atoms with Gasteiger partial charge in [0.2, 0.25) is 0 Å². The van der Waals surface area contributed by atoms with Gasteiger partial charge in [-0.1, -0.05) is 36.4 Å². The molecule has 128 valence electrons. The minimum Gasteiger partial charge on any atom is -0.465 e. The number of benzene rings is 1. The second-order valence-electron chi connectivity index (χ2n) is 5.41. The lowest BCUT2D eigenvalue weighted by Crippen LogP contribution is -2.48. The smallest absolute Gasteiger partial charge is 0.324 e. The molecule has 1 unspecified atom stereocenters. The molecule has 1 aliphatic rings. The Morgan fingerprint density at radius 3 is 2.12 bits per heavy atom. The molecule has 2 rings (SSSR count). The van der Waals surface area contributed by atoms with Crippen LogP contribution in [0.25, 0.3) is 0 Å². The number of carbonyl (C=O) groups excluding carboxylic acids is 3. The highest BCUT2D eigenvalue weighted by Crippen LogP contribution is 2.48. The first-order valence-electron chi connectivity index (χ1n) is 7.77. The van der Waals surface area contributed by atoms with E-state index in [2.05, 4.69) is 0 Å². The Morgan fingerprint density at radius 2 is 1.62 bits per heavy atom. The van der Waals surface area contributed by atoms with Crippen LogP contribution in [0.2, 0.25) is 0 Å². The lowest BCUT2D eigenvalue weighted by atomic mass is 9.73. The lowest BCUT2D eigenvalue weighted by molar-refractivity contribution is -0.173. The van der Waals surface area contributed by atoms with Gasteiger partial charge in [-0.3, -0.25) is 14.4 Å². The minimum atomic E-state index is -1.64. The molecule has 0 bridgehead atoms. The fourth-order valence-corrected chi connectivity index (χ4v) is 3.80. The zero-order chi connectivity index (χ0) is 17.7. The van der Waals surface area contributed by atoms with Gasteiger partial charge in [-0.05, 0) is 40.0 Å². The number of esters is 2. The van der Waals surface area contributed by atoms with Crippen molar-refractivity contribution in [1.82, 2.24) is 0 Å². The highest BCUT2D eigenvalue weighted by atomic mass is 127. The fourth-order valence-electron chi connectivity index (χ4n) is 2.84. The molecule has 5 nitrogen and oxygen atoms in total. The Morgan fingerprint density at radius 1 is 1.08 bits per heavy atom. The molecule has 0 saturated heterocycles. The van der Waals surface area contributed by atoms with Gasteiger partial charge >= 0.3 is 11.9 Å². The maximum atomic E-state index is 13.0. The molecule has 0 fully saturated rings. The summed E-state index contributed by atoms with van der Waals surface area (Å²) in [5.74, 6) is -2.63. The number of ether oxygens (including phenoxy) is 2. The number of ketones is 1. The van der Waals surface area contributed by atoms with Crippen LogP contribution in [0.1, 0.15) is 30.6 Å². The first kappa shape index (κ1) is 18.6. The Labute approximate surface area is 154 Å². The van der Waals surface area contributed by atoms with Gasteiger partial charge in [-0.15, -0.1) is 0 Å². The first-order chi connectivity index (χ1) is 11.5. The summed E-state index contributed by atoms with van der Waals surface area (Å²) in [6.45, 7) is 3.59. The zero-order valence-corrected chi connectivity index (χ0v) is 15.7. The van der Waals surface area contributed by atoms with Crippen molar-refractivity contribution in [1.29, 1.82) is 0 Å². The summed E-state index contributed by atoms with van der Waals surface area (Å²) in [5, 5.41) is 0. The second-order valence-corrected chi connectivity index (χ2v) is 6.80. The number of carbonyl (C=O) groups is 3. The van der Waals surface area contributed by atoms with Gasteiger partial charge in [0.1, 0.15) is 0 Å². The SMILES string of the molecule is CCOC(=O)C1(C(=O)OCC)CC(I)=CC1C(=O)c1ccccc1. The first-order valence-corrected chi connectivity index (χ1v) is 8.85. The third-order valence-corrected chi connectivity index (χ3v) is 4.69. The van der Waals surface area contributed by atoms with Crippen molar-refractivity contribution in [3.8, 4) is 0 Å². The van der Waals surface area contributed by atoms with Crippen LogP contribution >= 0.6 is 22.6 Å². The van der Waals surface area contributed by atoms with Crippen LogP contribution in [0.3, 0.4) is 0 Å². The van der Waals surface area contributed by atoms with Crippen molar-refractivity contribution in [2.45, 2.75) is 20.3 Å². The number of halogens is 1. The molecule has 0 heterocycles. The van der Waals surface area contributed by atoms with Crippen LogP contribution < -0.4 is 0 Å². The summed E-state index contributed by atoms with van der Waals surface area (Å²) in [5.41, 5.74) is -1.20. The Bertz CT molecular complexity index is 647. The quantitative estimate of drug-likeness (QED) is 0.293. The minimum absolute atomic E-state index is 0.120. The Hall–Kier alpha value is -1.70. The zero-order valence-electron chi connectivity index (χ0n) is 13.6. The van der Waals surface area contributed by atoms with Gasteiger partial charge in [0.15, 0.2) is 11.2 Å². The van der Waals surface area contributed by atoms with Gasteiger partial charge in [-0.2, -0.15) is 0 Å². The molecule has 0 aliphatic heterocycles. The third kappa shape index (κ3) is 3.38. The van der Waals surface area contributed by atoms with Crippen LogP contribution in [0.4, 0.5) is 0 Å². The number of rotatable bonds is 6. The van der Waals surface area contributed by atoms with Crippen molar-refractivity contribution in [2.24, 2.45) is 11.3 Å². The van der Waals surface area contributed by atoms with E-state index in [1.54, 1.807) is 50.3 Å². The molecule has 24 heavy (non-hydrogen) atoms. The highest BCUT2D eigenvalue weighted by molar-refractivity contribution is 14.1. The van der Waals surface area contributed by atoms with E-state index in [1.165, 1.54) is 0 Å². The van der Waals surface area contributed by atoms with Crippen LogP contribution in [-0.2, 0) is 19.1 Å². The van der Waals surface area contributed by atoms with Crippen LogP contribution in [-0.4, -0.2) is 30.9 Å². The molecule has 6 heteroatoms. The van der Waals surface area contributed by atoms with E-state index in [-0.39, 0.29) is 25.4 Å². The second kappa shape index (κ2) is 7.92. The van der Waals surface area contributed by atoms with Crippen molar-refractivity contribution in [3.63, 3.8) is 0 Å². The van der Waals surface area contributed by atoms with Crippen LogP contribution in [0.15, 0.2) is 40.0 Å². The molecule has 1 aromatic rings. The van der Waals surface area contributed by atoms with Crippen molar-refractivity contribution in [3.05, 3.63) is 45.6 Å². The van der Waals surface area contributed by atoms with E-state index in [0.29, 0.717) is 5.56 Å². The molecule has 0 saturated carbocycles. The molecule has 0 radical (unpaired) electrons. The molecular weight excluding hydrogens is 423 g/mol. The van der Waals surface area contributed by atoms with Gasteiger partial charge in [-0.25, -0.2) is 0 Å². The highest BCUT2D eigenvalue weighted by Gasteiger charge is 2.59. The van der Waals surface area contributed by atoms with E-state index in [0.717, 1.165) is 3.58 Å². The van der Waals surface area contributed by atoms with Crippen molar-refractivity contribution < 1.29 is 23.9 Å². The van der Waals surface area contributed by atoms with E-state index >= 15 is 0 Å². The largest absolute Gasteiger partial charge is 0.465 e. The lowest BCUT2D eigenvalue weighted by Gasteiger charge is -2.30. The molecule has 0 N–H and O–H groups in total. The molecule has 1 aliphatic carbocycles. The normalized spacial score (nSPS) is 18.6. The van der Waals surface area contributed by atoms with Crippen molar-refractivity contribution in [2.75, 3.05) is 13.2 Å². The van der Waals surface area contributed by atoms with E-state index in [4.69, 9.17) is 9.47 Å². The summed E-state index contributed by atoms with van der Waals surface area (Å²) < 4.78 is 11.0. The number of allylic oxidation sites excluding steroid dienone is 2. The maximum Gasteiger partial charge on any atom is 0.324 e. The summed E-state index contributed by atoms with van der Waals surface area (Å²) in [4.78, 5) is 38.3. The fraction of sp³-hybridized carbons (Fsp3) is 0.389. The molecule has 0 spiro atoms. The number of hydrogen-bond donors (Lipinski definition) is 0. The van der Waals surface area contributed by atoms with Crippen LogP contribution in [0, 0.1) is 11.3 Å². The molecule has 1 atom stereocenters. The van der Waals surface area contributed by atoms with E-state index in [9.17, 15) is 14.4 Å². The Balaban J connectivity index is 2.49. The average Bonchev–Trinajstić information content (AvgIpc) is 2.94. The van der Waals surface area contributed by atoms with Gasteiger partial charge in [0, 0.05) is 12.0 Å². The Kier molecular flexibility index (Phi) is 6.15. The summed E-state index contributed by atoms with van der Waals surface area (Å²) in [6, 6.07) is 8.63. The van der Waals surface area contributed by atoms with E-state index < -0.39 is 23.3 Å². The van der Waals surface area contributed by atoms with Crippen molar-refractivity contribution >= 4 is 40.3 Å². The third-order valence-electron chi connectivity index (χ3n) is 3.95. The summed E-state index contributed by atoms with van der Waals surface area (Å²) in [7, 11) is 0. The number of hydrogen-bond acceptors (Lipinski definition) is 5. The molecule has 0 amide bonds. The molecule has 0 aromatic heterocycles. The summed E-state index contributed by atoms with van der Waals surface area (Å²) >= 11 is 2.04. The number of Topliss-reactive ketones (excluding diaryl/α,β-unsaturated/α-hetero) is 1. The standard InChI is InChI=1S/C18H19IO5/c1-3-23-16(21)18(17(22)24-4-2)11-13(19)10-14(18)15(20)12-8-6-5-7-9-12/h5-10,14H,3-4,11H2,1-2H3. The summed E-state index contributed by atoms with van der Waals surface area (Å²) in [6.07, 6.45) is 1.79. The predicted octanol–water partition coefficient (Wildman–Crippen LogP) is 3.32. The monoisotopic (exact) mass is 442 g/mol. The topological polar surface area (TPSA) is 69.7 Å². The van der Waals surface area contributed by atoms with Gasteiger partial charge in [0.25, 0.3) is 0 Å². The molecule has 1 aromatic carbocycles. The van der Waals surface area contributed by atoms with Crippen LogP contribution in [0.5, 0.6) is 0 Å². The van der Waals surface area contributed by atoms with E-state index in [1.807, 2.05) is 22.6 Å². The average molecular weight is 442 g/mol. The van der Waals surface area contributed by atoms with Gasteiger partial charge < -0.3 is 9.47 Å². The van der Waals surface area contributed by atoms with Gasteiger partial charge in [0.05, 0.1) is 19.1 Å². The maximum absolute atomic E-state index is 13.0. The molecular formula is C18H19IO5.